The Morgan fingerprint density at radius 1 is 1.50 bits per heavy atom. The Hall–Kier alpha value is -0.440. The third-order valence-corrected chi connectivity index (χ3v) is 1.44. The molecule has 0 aliphatic heterocycles. The molecule has 70 valence electrons. The largest absolute Gasteiger partial charge is 0.504 e. The minimum atomic E-state index is -1.52. The zero-order valence-corrected chi connectivity index (χ0v) is 8.30. The van der Waals surface area contributed by atoms with Crippen LogP contribution in [0.5, 0.6) is 0 Å². The van der Waals surface area contributed by atoms with E-state index in [9.17, 15) is 4.57 Å². The van der Waals surface area contributed by atoms with Crippen LogP contribution in [0.4, 0.5) is 0 Å². The van der Waals surface area contributed by atoms with Crippen LogP contribution >= 0.6 is 8.03 Å². The average Bonchev–Trinajstić information content (AvgIpc) is 1.95. The first-order chi connectivity index (χ1) is 5.63. The molecule has 0 aromatic heterocycles. The van der Waals surface area contributed by atoms with Crippen LogP contribution in [-0.2, 0) is 18.6 Å². The SMILES string of the molecule is C=C(C)OCOCCO[P+](C)=O. The second kappa shape index (κ2) is 7.22. The summed E-state index contributed by atoms with van der Waals surface area (Å²) in [4.78, 5) is 0. The maximum atomic E-state index is 10.4. The molecule has 0 aliphatic rings. The summed E-state index contributed by atoms with van der Waals surface area (Å²) < 4.78 is 25.0. The molecule has 0 aliphatic carbocycles. The van der Waals surface area contributed by atoms with Crippen molar-refractivity contribution < 1.29 is 18.6 Å². The Labute approximate surface area is 73.4 Å². The van der Waals surface area contributed by atoms with Crippen molar-refractivity contribution in [3.05, 3.63) is 12.3 Å². The van der Waals surface area contributed by atoms with Gasteiger partial charge in [-0.1, -0.05) is 6.58 Å². The normalized spacial score (nSPS) is 11.0. The molecular formula is C7H14O4P+. The minimum absolute atomic E-state index is 0.166. The summed E-state index contributed by atoms with van der Waals surface area (Å²) >= 11 is 0. The number of ether oxygens (including phenoxy) is 2. The summed E-state index contributed by atoms with van der Waals surface area (Å²) in [6.45, 7) is 7.63. The van der Waals surface area contributed by atoms with Crippen LogP contribution in [-0.4, -0.2) is 26.7 Å². The number of rotatable bonds is 7. The number of hydrogen-bond acceptors (Lipinski definition) is 4. The van der Waals surface area contributed by atoms with Crippen LogP contribution in [0.1, 0.15) is 6.92 Å². The quantitative estimate of drug-likeness (QED) is 0.268. The van der Waals surface area contributed by atoms with Gasteiger partial charge >= 0.3 is 8.03 Å². The van der Waals surface area contributed by atoms with E-state index in [1.54, 1.807) is 6.92 Å². The second-order valence-corrected chi connectivity index (χ2v) is 3.28. The minimum Gasteiger partial charge on any atom is -0.473 e. The molecule has 0 fully saturated rings. The molecule has 0 bridgehead atoms. The van der Waals surface area contributed by atoms with E-state index in [4.69, 9.17) is 14.0 Å². The molecule has 0 rings (SSSR count). The lowest BCUT2D eigenvalue weighted by Gasteiger charge is -2.03. The Morgan fingerprint density at radius 3 is 2.67 bits per heavy atom. The highest BCUT2D eigenvalue weighted by Gasteiger charge is 2.04. The van der Waals surface area contributed by atoms with Crippen LogP contribution in [0.2, 0.25) is 0 Å². The molecule has 0 radical (unpaired) electrons. The van der Waals surface area contributed by atoms with Crippen molar-refractivity contribution in [3.8, 4) is 0 Å². The van der Waals surface area contributed by atoms with Gasteiger partial charge in [0.25, 0.3) is 0 Å². The van der Waals surface area contributed by atoms with Gasteiger partial charge in [-0.3, -0.25) is 0 Å². The fourth-order valence-corrected chi connectivity index (χ4v) is 0.758. The zero-order chi connectivity index (χ0) is 9.40. The van der Waals surface area contributed by atoms with Gasteiger partial charge < -0.3 is 9.47 Å². The predicted molar refractivity (Wildman–Crippen MR) is 46.2 cm³/mol. The molecule has 5 heteroatoms. The van der Waals surface area contributed by atoms with Crippen LogP contribution in [0.15, 0.2) is 12.3 Å². The van der Waals surface area contributed by atoms with Gasteiger partial charge in [0.05, 0.1) is 12.4 Å². The van der Waals surface area contributed by atoms with Crippen LogP contribution < -0.4 is 0 Å². The molecule has 0 aromatic carbocycles. The summed E-state index contributed by atoms with van der Waals surface area (Å²) in [5, 5.41) is 0. The first kappa shape index (κ1) is 11.6. The lowest BCUT2D eigenvalue weighted by Crippen LogP contribution is -2.04. The van der Waals surface area contributed by atoms with Crippen molar-refractivity contribution >= 4 is 8.03 Å². The molecule has 0 heterocycles. The van der Waals surface area contributed by atoms with Gasteiger partial charge in [0.15, 0.2) is 13.5 Å². The van der Waals surface area contributed by atoms with Crippen molar-refractivity contribution in [3.63, 3.8) is 0 Å². The predicted octanol–water partition coefficient (Wildman–Crippen LogP) is 1.90. The first-order valence-electron chi connectivity index (χ1n) is 3.52. The summed E-state index contributed by atoms with van der Waals surface area (Å²) in [6.07, 6.45) is 0. The summed E-state index contributed by atoms with van der Waals surface area (Å²) in [6, 6.07) is 0. The van der Waals surface area contributed by atoms with Crippen molar-refractivity contribution in [1.29, 1.82) is 0 Å². The van der Waals surface area contributed by atoms with E-state index >= 15 is 0 Å². The topological polar surface area (TPSA) is 44.8 Å². The molecule has 0 N–H and O–H groups in total. The summed E-state index contributed by atoms with van der Waals surface area (Å²) in [5.74, 6) is 0.609. The lowest BCUT2D eigenvalue weighted by atomic mass is 10.7. The van der Waals surface area contributed by atoms with Crippen LogP contribution in [0.3, 0.4) is 0 Å². The number of hydrogen-bond donors (Lipinski definition) is 0. The second-order valence-electron chi connectivity index (χ2n) is 2.15. The molecule has 1 atom stereocenters. The lowest BCUT2D eigenvalue weighted by molar-refractivity contribution is -0.0305. The Balaban J connectivity index is 3.01. The molecule has 0 amide bonds. The fraction of sp³-hybridized carbons (Fsp3) is 0.714. The molecule has 0 saturated heterocycles. The average molecular weight is 193 g/mol. The van der Waals surface area contributed by atoms with Crippen LogP contribution in [0.25, 0.3) is 0 Å². The van der Waals surface area contributed by atoms with Gasteiger partial charge in [0.1, 0.15) is 6.61 Å². The van der Waals surface area contributed by atoms with Gasteiger partial charge in [-0.05, 0) is 11.5 Å². The van der Waals surface area contributed by atoms with Gasteiger partial charge in [-0.15, -0.1) is 4.52 Å². The highest BCUT2D eigenvalue weighted by Crippen LogP contribution is 2.13. The molecular weight excluding hydrogens is 179 g/mol. The highest BCUT2D eigenvalue weighted by molar-refractivity contribution is 7.38. The molecule has 4 nitrogen and oxygen atoms in total. The van der Waals surface area contributed by atoms with Gasteiger partial charge in [-0.2, -0.15) is 0 Å². The molecule has 0 spiro atoms. The Bertz CT molecular complexity index is 139. The van der Waals surface area contributed by atoms with E-state index in [1.165, 1.54) is 6.66 Å². The zero-order valence-electron chi connectivity index (χ0n) is 7.41. The van der Waals surface area contributed by atoms with E-state index in [0.717, 1.165) is 0 Å². The van der Waals surface area contributed by atoms with Crippen molar-refractivity contribution in [2.75, 3.05) is 26.7 Å². The summed E-state index contributed by atoms with van der Waals surface area (Å²) in [7, 11) is -1.52. The van der Waals surface area contributed by atoms with Crippen molar-refractivity contribution in [2.24, 2.45) is 0 Å². The van der Waals surface area contributed by atoms with E-state index < -0.39 is 8.03 Å². The first-order valence-corrected chi connectivity index (χ1v) is 5.15. The highest BCUT2D eigenvalue weighted by atomic mass is 31.1. The van der Waals surface area contributed by atoms with E-state index in [-0.39, 0.29) is 6.79 Å². The van der Waals surface area contributed by atoms with E-state index in [0.29, 0.717) is 19.0 Å². The van der Waals surface area contributed by atoms with E-state index in [1.807, 2.05) is 0 Å². The standard InChI is InChI=1S/C7H14O4P/c1-7(2)10-6-9-4-5-11-12(3)8/h1,4-6H2,2-3H3/q+1. The van der Waals surface area contributed by atoms with Crippen molar-refractivity contribution in [1.82, 2.24) is 0 Å². The van der Waals surface area contributed by atoms with Crippen LogP contribution in [0, 0.1) is 0 Å². The van der Waals surface area contributed by atoms with Gasteiger partial charge in [0, 0.05) is 0 Å². The fourth-order valence-electron chi connectivity index (χ4n) is 0.426. The molecule has 1 unspecified atom stereocenters. The molecule has 0 saturated carbocycles. The van der Waals surface area contributed by atoms with E-state index in [2.05, 4.69) is 6.58 Å². The number of allylic oxidation sites excluding steroid dienone is 1. The smallest absolute Gasteiger partial charge is 0.473 e. The van der Waals surface area contributed by atoms with Gasteiger partial charge in [0.2, 0.25) is 0 Å². The van der Waals surface area contributed by atoms with Crippen molar-refractivity contribution in [2.45, 2.75) is 6.92 Å². The third kappa shape index (κ3) is 9.56. The maximum Gasteiger partial charge on any atom is 0.504 e. The summed E-state index contributed by atoms with van der Waals surface area (Å²) in [5.41, 5.74) is 0. The molecule has 12 heavy (non-hydrogen) atoms. The maximum absolute atomic E-state index is 10.4. The van der Waals surface area contributed by atoms with Gasteiger partial charge in [-0.25, -0.2) is 0 Å². The Kier molecular flexibility index (Phi) is 6.96. The Morgan fingerprint density at radius 2 is 2.17 bits per heavy atom. The molecule has 0 aromatic rings. The third-order valence-electron chi connectivity index (χ3n) is 0.889. The monoisotopic (exact) mass is 193 g/mol.